The predicted molar refractivity (Wildman–Crippen MR) is 89.5 cm³/mol. The van der Waals surface area contributed by atoms with E-state index in [0.717, 1.165) is 0 Å². The monoisotopic (exact) mass is 268 g/mol. The summed E-state index contributed by atoms with van der Waals surface area (Å²) in [5, 5.41) is 0. The summed E-state index contributed by atoms with van der Waals surface area (Å²) in [6.45, 7) is 29.0. The SMILES string of the molecule is CC(C)(C)CC(CC(C)(C)C)(C(C)(C)C)C(C)(C)C. The Morgan fingerprint density at radius 3 is 0.737 bits per heavy atom. The van der Waals surface area contributed by atoms with Crippen molar-refractivity contribution in [3.63, 3.8) is 0 Å². The molecule has 0 aliphatic carbocycles. The Morgan fingerprint density at radius 2 is 0.632 bits per heavy atom. The molecule has 0 atom stereocenters. The fourth-order valence-electron chi connectivity index (χ4n) is 4.06. The molecule has 0 nitrogen and oxygen atoms in total. The van der Waals surface area contributed by atoms with Crippen molar-refractivity contribution >= 4 is 0 Å². The Labute approximate surface area is 123 Å². The predicted octanol–water partition coefficient (Wildman–Crippen LogP) is 6.94. The number of hydrogen-bond acceptors (Lipinski definition) is 0. The number of hydrogen-bond donors (Lipinski definition) is 0. The molecule has 0 aromatic rings. The van der Waals surface area contributed by atoms with Crippen molar-refractivity contribution in [2.24, 2.45) is 27.1 Å². The van der Waals surface area contributed by atoms with Crippen LogP contribution in [0, 0.1) is 27.1 Å². The van der Waals surface area contributed by atoms with E-state index < -0.39 is 0 Å². The lowest BCUT2D eigenvalue weighted by molar-refractivity contribution is -0.0929. The zero-order chi connectivity index (χ0) is 15.9. The first-order chi connectivity index (χ1) is 7.91. The largest absolute Gasteiger partial charge is 0.0602 e. The van der Waals surface area contributed by atoms with Crippen LogP contribution in [0.3, 0.4) is 0 Å². The highest BCUT2D eigenvalue weighted by Gasteiger charge is 2.53. The van der Waals surface area contributed by atoms with E-state index in [9.17, 15) is 0 Å². The van der Waals surface area contributed by atoms with Crippen molar-refractivity contribution in [1.82, 2.24) is 0 Å². The van der Waals surface area contributed by atoms with E-state index in [1.54, 1.807) is 0 Å². The first-order valence-corrected chi connectivity index (χ1v) is 7.91. The van der Waals surface area contributed by atoms with Gasteiger partial charge in [-0.2, -0.15) is 0 Å². The minimum absolute atomic E-state index is 0.311. The Bertz CT molecular complexity index is 248. The second-order valence-corrected chi connectivity index (χ2v) is 11.1. The summed E-state index contributed by atoms with van der Waals surface area (Å²) in [5.41, 5.74) is 1.70. The van der Waals surface area contributed by atoms with Gasteiger partial charge in [0, 0.05) is 0 Å². The third-order valence-electron chi connectivity index (χ3n) is 4.54. The van der Waals surface area contributed by atoms with Crippen LogP contribution in [0.15, 0.2) is 0 Å². The zero-order valence-electron chi connectivity index (χ0n) is 15.9. The molecule has 0 radical (unpaired) electrons. The summed E-state index contributed by atoms with van der Waals surface area (Å²) in [4.78, 5) is 0. The highest BCUT2D eigenvalue weighted by atomic mass is 14.6. The Morgan fingerprint density at radius 1 is 0.421 bits per heavy atom. The van der Waals surface area contributed by atoms with Gasteiger partial charge in [0.1, 0.15) is 0 Å². The van der Waals surface area contributed by atoms with Crippen molar-refractivity contribution in [2.45, 2.75) is 95.9 Å². The van der Waals surface area contributed by atoms with Crippen LogP contribution < -0.4 is 0 Å². The lowest BCUT2D eigenvalue weighted by atomic mass is 9.46. The Hall–Kier alpha value is 0. The standard InChI is InChI=1S/C19H40/c1-15(2,3)13-19(17(7,8)9,18(10,11)12)14-16(4,5)6/h13-14H2,1-12H3. The van der Waals surface area contributed by atoms with Gasteiger partial charge in [-0.3, -0.25) is 0 Å². The molecule has 0 amide bonds. The summed E-state index contributed by atoms with van der Waals surface area (Å²) in [7, 11) is 0. The summed E-state index contributed by atoms with van der Waals surface area (Å²) in [6.07, 6.45) is 2.56. The Kier molecular flexibility index (Phi) is 5.08. The topological polar surface area (TPSA) is 0 Å². The Balaban J connectivity index is 5.91. The van der Waals surface area contributed by atoms with Gasteiger partial charge in [0.25, 0.3) is 0 Å². The molecule has 116 valence electrons. The maximum Gasteiger partial charge on any atom is -0.0190 e. The maximum absolute atomic E-state index is 2.44. The van der Waals surface area contributed by atoms with E-state index in [0.29, 0.717) is 27.1 Å². The second kappa shape index (κ2) is 5.08. The molecule has 0 fully saturated rings. The van der Waals surface area contributed by atoms with Gasteiger partial charge in [-0.15, -0.1) is 0 Å². The third-order valence-corrected chi connectivity index (χ3v) is 4.54. The lowest BCUT2D eigenvalue weighted by Gasteiger charge is -2.59. The highest BCUT2D eigenvalue weighted by Crippen LogP contribution is 2.61. The van der Waals surface area contributed by atoms with E-state index in [2.05, 4.69) is 83.1 Å². The van der Waals surface area contributed by atoms with E-state index in [4.69, 9.17) is 0 Å². The molecule has 0 bridgehead atoms. The van der Waals surface area contributed by atoms with Gasteiger partial charge < -0.3 is 0 Å². The summed E-state index contributed by atoms with van der Waals surface area (Å²) >= 11 is 0. The van der Waals surface area contributed by atoms with Crippen LogP contribution in [0.1, 0.15) is 95.9 Å². The van der Waals surface area contributed by atoms with Crippen LogP contribution in [0.25, 0.3) is 0 Å². The van der Waals surface area contributed by atoms with Gasteiger partial charge >= 0.3 is 0 Å². The van der Waals surface area contributed by atoms with E-state index in [1.807, 2.05) is 0 Å². The van der Waals surface area contributed by atoms with E-state index >= 15 is 0 Å². The van der Waals surface area contributed by atoms with Crippen molar-refractivity contribution in [3.8, 4) is 0 Å². The fraction of sp³-hybridized carbons (Fsp3) is 1.00. The molecule has 0 unspecified atom stereocenters. The van der Waals surface area contributed by atoms with E-state index in [1.165, 1.54) is 12.8 Å². The molecule has 0 aliphatic heterocycles. The van der Waals surface area contributed by atoms with Crippen molar-refractivity contribution in [1.29, 1.82) is 0 Å². The smallest absolute Gasteiger partial charge is 0.0190 e. The summed E-state index contributed by atoms with van der Waals surface area (Å²) in [6, 6.07) is 0. The highest BCUT2D eigenvalue weighted by molar-refractivity contribution is 5.02. The molecule has 0 aromatic heterocycles. The van der Waals surface area contributed by atoms with Crippen LogP contribution in [0.4, 0.5) is 0 Å². The van der Waals surface area contributed by atoms with Crippen LogP contribution in [0.5, 0.6) is 0 Å². The fourth-order valence-corrected chi connectivity index (χ4v) is 4.06. The van der Waals surface area contributed by atoms with E-state index in [-0.39, 0.29) is 0 Å². The first-order valence-electron chi connectivity index (χ1n) is 7.91. The molecule has 0 rings (SSSR count). The van der Waals surface area contributed by atoms with Crippen molar-refractivity contribution in [2.75, 3.05) is 0 Å². The molecule has 0 saturated heterocycles. The molecule has 0 aromatic carbocycles. The van der Waals surface area contributed by atoms with Crippen molar-refractivity contribution in [3.05, 3.63) is 0 Å². The van der Waals surface area contributed by atoms with Gasteiger partial charge in [-0.05, 0) is 39.9 Å². The molecule has 0 N–H and O–H groups in total. The molecular formula is C19H40. The molecule has 0 aliphatic rings. The molecule has 0 heteroatoms. The lowest BCUT2D eigenvalue weighted by Crippen LogP contribution is -2.50. The average Bonchev–Trinajstić information content (AvgIpc) is 1.91. The van der Waals surface area contributed by atoms with Gasteiger partial charge in [0.15, 0.2) is 0 Å². The molecule has 0 saturated carbocycles. The minimum atomic E-state index is 0.311. The molecule has 19 heavy (non-hydrogen) atoms. The van der Waals surface area contributed by atoms with Gasteiger partial charge in [0.05, 0.1) is 0 Å². The molecular weight excluding hydrogens is 228 g/mol. The van der Waals surface area contributed by atoms with Crippen LogP contribution >= 0.6 is 0 Å². The zero-order valence-corrected chi connectivity index (χ0v) is 15.9. The number of rotatable bonds is 2. The minimum Gasteiger partial charge on any atom is -0.0602 e. The van der Waals surface area contributed by atoms with Gasteiger partial charge in [0.2, 0.25) is 0 Å². The normalized spacial score (nSPS) is 15.8. The van der Waals surface area contributed by atoms with Gasteiger partial charge in [-0.1, -0.05) is 83.1 Å². The quantitative estimate of drug-likeness (QED) is 0.509. The van der Waals surface area contributed by atoms with Crippen LogP contribution in [-0.4, -0.2) is 0 Å². The first kappa shape index (κ1) is 19.0. The average molecular weight is 269 g/mol. The third kappa shape index (κ3) is 5.12. The summed E-state index contributed by atoms with van der Waals surface area (Å²) < 4.78 is 0. The maximum atomic E-state index is 2.44. The van der Waals surface area contributed by atoms with Crippen LogP contribution in [0.2, 0.25) is 0 Å². The van der Waals surface area contributed by atoms with Crippen molar-refractivity contribution < 1.29 is 0 Å². The molecule has 0 heterocycles. The van der Waals surface area contributed by atoms with Crippen LogP contribution in [-0.2, 0) is 0 Å². The van der Waals surface area contributed by atoms with Gasteiger partial charge in [-0.25, -0.2) is 0 Å². The molecule has 0 spiro atoms. The summed E-state index contributed by atoms with van der Waals surface area (Å²) in [5.74, 6) is 0. The second-order valence-electron chi connectivity index (χ2n) is 11.1.